The molecule has 0 unspecified atom stereocenters. The maximum absolute atomic E-state index is 4.46. The third-order valence-electron chi connectivity index (χ3n) is 2.53. The van der Waals surface area contributed by atoms with E-state index in [4.69, 9.17) is 0 Å². The number of halogens is 1. The first-order valence-electron chi connectivity index (χ1n) is 5.22. The lowest BCUT2D eigenvalue weighted by atomic mass is 10.2. The minimum atomic E-state index is 0.821. The van der Waals surface area contributed by atoms with Crippen molar-refractivity contribution in [2.45, 2.75) is 33.1 Å². The first-order chi connectivity index (χ1) is 7.22. The predicted octanol–water partition coefficient (Wildman–Crippen LogP) is 3.37. The number of nitrogens with one attached hydrogen (secondary N) is 1. The fourth-order valence-corrected chi connectivity index (χ4v) is 1.86. The van der Waals surface area contributed by atoms with Crippen molar-refractivity contribution in [1.82, 2.24) is 15.0 Å². The number of aryl methyl sites for hydroxylation is 2. The summed E-state index contributed by atoms with van der Waals surface area (Å²) >= 11 is 3.47. The molecule has 4 heteroatoms. The van der Waals surface area contributed by atoms with Gasteiger partial charge in [-0.25, -0.2) is 9.97 Å². The Bertz CT molecular complexity index is 476. The molecule has 2 rings (SSSR count). The smallest absolute Gasteiger partial charge is 0.178 e. The molecule has 0 aliphatic carbocycles. The van der Waals surface area contributed by atoms with E-state index in [2.05, 4.69) is 44.7 Å². The van der Waals surface area contributed by atoms with Crippen LogP contribution in [0.2, 0.25) is 0 Å². The molecule has 2 aromatic rings. The number of fused-ring (bicyclic) bond motifs is 1. The first kappa shape index (κ1) is 10.6. The molecular weight excluding hydrogens is 254 g/mol. The number of hydrogen-bond acceptors (Lipinski definition) is 2. The van der Waals surface area contributed by atoms with Gasteiger partial charge in [-0.3, -0.25) is 0 Å². The monoisotopic (exact) mass is 267 g/mol. The molecule has 15 heavy (non-hydrogen) atoms. The van der Waals surface area contributed by atoms with Crippen LogP contribution in [0.1, 0.15) is 31.2 Å². The van der Waals surface area contributed by atoms with Crippen LogP contribution in [0.3, 0.4) is 0 Å². The molecule has 0 radical (unpaired) electrons. The van der Waals surface area contributed by atoms with E-state index < -0.39 is 0 Å². The average Bonchev–Trinajstić information content (AvgIpc) is 2.64. The zero-order valence-corrected chi connectivity index (χ0v) is 10.6. The molecular formula is C11H14BrN3. The maximum atomic E-state index is 4.46. The Morgan fingerprint density at radius 3 is 3.00 bits per heavy atom. The summed E-state index contributed by atoms with van der Waals surface area (Å²) in [6.07, 6.45) is 5.17. The van der Waals surface area contributed by atoms with Crippen molar-refractivity contribution >= 4 is 27.1 Å². The van der Waals surface area contributed by atoms with Crippen LogP contribution in [-0.2, 0) is 6.42 Å². The van der Waals surface area contributed by atoms with Crippen LogP contribution in [0.5, 0.6) is 0 Å². The summed E-state index contributed by atoms with van der Waals surface area (Å²) in [5, 5.41) is 0. The molecule has 2 aromatic heterocycles. The van der Waals surface area contributed by atoms with Crippen molar-refractivity contribution in [3.63, 3.8) is 0 Å². The van der Waals surface area contributed by atoms with Gasteiger partial charge in [0.15, 0.2) is 5.65 Å². The lowest BCUT2D eigenvalue weighted by Gasteiger charge is -1.96. The summed E-state index contributed by atoms with van der Waals surface area (Å²) in [4.78, 5) is 12.1. The molecule has 0 saturated carbocycles. The summed E-state index contributed by atoms with van der Waals surface area (Å²) in [6, 6.07) is 0. The van der Waals surface area contributed by atoms with Crippen LogP contribution in [0, 0.1) is 6.92 Å². The van der Waals surface area contributed by atoms with E-state index in [1.54, 1.807) is 0 Å². The number of rotatable bonds is 3. The lowest BCUT2D eigenvalue weighted by Crippen LogP contribution is -1.86. The lowest BCUT2D eigenvalue weighted by molar-refractivity contribution is 0.764. The van der Waals surface area contributed by atoms with E-state index in [-0.39, 0.29) is 0 Å². The highest BCUT2D eigenvalue weighted by atomic mass is 79.9. The molecule has 0 spiro atoms. The highest BCUT2D eigenvalue weighted by Crippen LogP contribution is 2.22. The van der Waals surface area contributed by atoms with E-state index in [1.807, 2.05) is 6.20 Å². The summed E-state index contributed by atoms with van der Waals surface area (Å²) in [5.74, 6) is 1.04. The van der Waals surface area contributed by atoms with Crippen LogP contribution >= 0.6 is 15.9 Å². The number of imidazole rings is 1. The van der Waals surface area contributed by atoms with E-state index in [1.165, 1.54) is 18.4 Å². The van der Waals surface area contributed by atoms with E-state index in [9.17, 15) is 0 Å². The standard InChI is InChI=1S/C11H14BrN3/c1-3-4-5-9-14-10-7(2)8(12)6-13-11(10)15-9/h6H,3-5H2,1-2H3,(H,13,14,15). The Balaban J connectivity index is 2.42. The second kappa shape index (κ2) is 4.31. The minimum Gasteiger partial charge on any atom is -0.340 e. The van der Waals surface area contributed by atoms with Crippen LogP contribution < -0.4 is 0 Å². The number of hydrogen-bond donors (Lipinski definition) is 1. The number of aromatic nitrogens is 3. The highest BCUT2D eigenvalue weighted by Gasteiger charge is 2.07. The molecule has 0 aliphatic heterocycles. The van der Waals surface area contributed by atoms with Crippen LogP contribution in [0.25, 0.3) is 11.2 Å². The molecule has 3 nitrogen and oxygen atoms in total. The van der Waals surface area contributed by atoms with Crippen LogP contribution in [0.4, 0.5) is 0 Å². The molecule has 0 aromatic carbocycles. The van der Waals surface area contributed by atoms with E-state index >= 15 is 0 Å². The van der Waals surface area contributed by atoms with Crippen molar-refractivity contribution < 1.29 is 0 Å². The van der Waals surface area contributed by atoms with Gasteiger partial charge in [-0.1, -0.05) is 13.3 Å². The quantitative estimate of drug-likeness (QED) is 0.927. The number of unbranched alkanes of at least 4 members (excludes halogenated alkanes) is 1. The van der Waals surface area contributed by atoms with Gasteiger partial charge in [0.2, 0.25) is 0 Å². The van der Waals surface area contributed by atoms with Gasteiger partial charge >= 0.3 is 0 Å². The molecule has 80 valence electrons. The van der Waals surface area contributed by atoms with Crippen molar-refractivity contribution in [3.05, 3.63) is 22.1 Å². The molecule has 0 aliphatic rings. The Morgan fingerprint density at radius 1 is 1.47 bits per heavy atom. The van der Waals surface area contributed by atoms with E-state index in [0.717, 1.165) is 27.9 Å². The second-order valence-corrected chi connectivity index (χ2v) is 4.57. The van der Waals surface area contributed by atoms with Gasteiger partial charge in [0.05, 0.1) is 5.52 Å². The van der Waals surface area contributed by atoms with Crippen molar-refractivity contribution in [3.8, 4) is 0 Å². The van der Waals surface area contributed by atoms with E-state index in [0.29, 0.717) is 0 Å². The van der Waals surface area contributed by atoms with Crippen LogP contribution in [0.15, 0.2) is 10.7 Å². The molecule has 0 atom stereocenters. The Morgan fingerprint density at radius 2 is 2.27 bits per heavy atom. The fourth-order valence-electron chi connectivity index (χ4n) is 1.56. The van der Waals surface area contributed by atoms with Gasteiger partial charge in [0, 0.05) is 17.1 Å². The third kappa shape index (κ3) is 2.04. The third-order valence-corrected chi connectivity index (χ3v) is 3.33. The fraction of sp³-hybridized carbons (Fsp3) is 0.455. The predicted molar refractivity (Wildman–Crippen MR) is 64.9 cm³/mol. The first-order valence-corrected chi connectivity index (χ1v) is 6.01. The number of nitrogens with zero attached hydrogens (tertiary/aromatic N) is 2. The summed E-state index contributed by atoms with van der Waals surface area (Å²) in [7, 11) is 0. The summed E-state index contributed by atoms with van der Waals surface area (Å²) in [6.45, 7) is 4.25. The molecule has 1 N–H and O–H groups in total. The highest BCUT2D eigenvalue weighted by molar-refractivity contribution is 9.10. The van der Waals surface area contributed by atoms with Gasteiger partial charge < -0.3 is 4.98 Å². The molecule has 2 heterocycles. The Kier molecular flexibility index (Phi) is 3.05. The van der Waals surface area contributed by atoms with Crippen molar-refractivity contribution in [2.75, 3.05) is 0 Å². The van der Waals surface area contributed by atoms with Gasteiger partial charge in [0.1, 0.15) is 5.82 Å². The van der Waals surface area contributed by atoms with Gasteiger partial charge in [-0.15, -0.1) is 0 Å². The van der Waals surface area contributed by atoms with Gasteiger partial charge in [-0.2, -0.15) is 0 Å². The summed E-state index contributed by atoms with van der Waals surface area (Å²) in [5.41, 5.74) is 3.05. The van der Waals surface area contributed by atoms with Gasteiger partial charge in [0.25, 0.3) is 0 Å². The average molecular weight is 268 g/mol. The number of aromatic amines is 1. The Labute approximate surface area is 97.5 Å². The number of pyridine rings is 1. The minimum absolute atomic E-state index is 0.821. The summed E-state index contributed by atoms with van der Waals surface area (Å²) < 4.78 is 1.03. The van der Waals surface area contributed by atoms with Crippen molar-refractivity contribution in [1.29, 1.82) is 0 Å². The topological polar surface area (TPSA) is 41.6 Å². The maximum Gasteiger partial charge on any atom is 0.178 e. The normalized spacial score (nSPS) is 11.1. The molecule has 0 amide bonds. The van der Waals surface area contributed by atoms with Gasteiger partial charge in [-0.05, 0) is 34.8 Å². The zero-order valence-electron chi connectivity index (χ0n) is 8.97. The molecule has 0 fully saturated rings. The van der Waals surface area contributed by atoms with Crippen molar-refractivity contribution in [2.24, 2.45) is 0 Å². The molecule has 0 saturated heterocycles. The SMILES string of the molecule is CCCCc1nc2ncc(Br)c(C)c2[nH]1. The number of H-pyrrole nitrogens is 1. The van der Waals surface area contributed by atoms with Crippen LogP contribution in [-0.4, -0.2) is 15.0 Å². The largest absolute Gasteiger partial charge is 0.340 e. The second-order valence-electron chi connectivity index (χ2n) is 3.72. The molecule has 0 bridgehead atoms. The Hall–Kier alpha value is -0.900. The zero-order chi connectivity index (χ0) is 10.8.